The van der Waals surface area contributed by atoms with Crippen LogP contribution in [0.15, 0.2) is 18.2 Å². The first kappa shape index (κ1) is 15.0. The first-order valence-electron chi connectivity index (χ1n) is 6.52. The van der Waals surface area contributed by atoms with Crippen molar-refractivity contribution >= 4 is 17.3 Å². The van der Waals surface area contributed by atoms with Gasteiger partial charge in [-0.05, 0) is 6.92 Å². The highest BCUT2D eigenvalue weighted by Crippen LogP contribution is 2.33. The van der Waals surface area contributed by atoms with Crippen LogP contribution in [-0.2, 0) is 4.79 Å². The van der Waals surface area contributed by atoms with Crippen molar-refractivity contribution in [2.75, 3.05) is 18.1 Å². The molecule has 1 aliphatic rings. The molecular weight excluding hydrogens is 280 g/mol. The number of rotatable bonds is 5. The number of aliphatic carboxylic acids is 1. The number of non-ortho nitro benzene ring substituents is 1. The third kappa shape index (κ3) is 3.22. The van der Waals surface area contributed by atoms with Crippen LogP contribution in [0.3, 0.4) is 0 Å². The first-order chi connectivity index (χ1) is 9.92. The van der Waals surface area contributed by atoms with Gasteiger partial charge in [0.15, 0.2) is 0 Å². The number of β-amino-alcohol motifs (C(OH)–C–C–N with tert-alkyl or cyclic N) is 1. The zero-order valence-electron chi connectivity index (χ0n) is 11.4. The Labute approximate surface area is 120 Å². The van der Waals surface area contributed by atoms with Gasteiger partial charge < -0.3 is 19.8 Å². The van der Waals surface area contributed by atoms with Gasteiger partial charge in [-0.2, -0.15) is 0 Å². The van der Waals surface area contributed by atoms with E-state index in [1.54, 1.807) is 13.0 Å². The van der Waals surface area contributed by atoms with E-state index in [1.165, 1.54) is 17.0 Å². The van der Waals surface area contributed by atoms with E-state index in [0.29, 0.717) is 18.0 Å². The van der Waals surface area contributed by atoms with E-state index in [1.807, 2.05) is 0 Å². The molecule has 0 bridgehead atoms. The normalized spacial score (nSPS) is 21.3. The van der Waals surface area contributed by atoms with Crippen LogP contribution in [0.1, 0.15) is 13.3 Å². The van der Waals surface area contributed by atoms with Crippen molar-refractivity contribution in [1.29, 1.82) is 0 Å². The molecule has 0 aromatic heterocycles. The van der Waals surface area contributed by atoms with Gasteiger partial charge in [0.1, 0.15) is 11.8 Å². The lowest BCUT2D eigenvalue weighted by Gasteiger charge is -2.23. The third-order valence-corrected chi connectivity index (χ3v) is 3.29. The van der Waals surface area contributed by atoms with Crippen LogP contribution in [0.2, 0.25) is 0 Å². The Balaban J connectivity index is 2.41. The highest BCUT2D eigenvalue weighted by molar-refractivity contribution is 5.80. The molecule has 1 aromatic carbocycles. The van der Waals surface area contributed by atoms with Gasteiger partial charge in [-0.25, -0.2) is 4.79 Å². The predicted octanol–water partition coefficient (Wildman–Crippen LogP) is 1.02. The zero-order chi connectivity index (χ0) is 15.6. The Bertz CT molecular complexity index is 562. The number of carboxylic acid groups (broad SMARTS) is 1. The van der Waals surface area contributed by atoms with Crippen LogP contribution in [0.5, 0.6) is 5.75 Å². The molecule has 21 heavy (non-hydrogen) atoms. The molecule has 8 heteroatoms. The highest BCUT2D eigenvalue weighted by Gasteiger charge is 2.36. The molecule has 0 saturated carbocycles. The molecule has 1 heterocycles. The summed E-state index contributed by atoms with van der Waals surface area (Å²) in [6.07, 6.45) is -0.692. The standard InChI is InChI=1S/C13H16N2O6/c1-2-21-11-4-8(3-9(5-11)15(19)20)14-7-10(16)6-12(14)13(17)18/h3-5,10,12,16H,2,6-7H2,1H3,(H,17,18). The molecule has 0 radical (unpaired) electrons. The summed E-state index contributed by atoms with van der Waals surface area (Å²) in [5, 5.41) is 29.8. The Kier molecular flexibility index (Phi) is 4.27. The van der Waals surface area contributed by atoms with Crippen molar-refractivity contribution in [3.8, 4) is 5.75 Å². The van der Waals surface area contributed by atoms with Gasteiger partial charge in [0, 0.05) is 30.8 Å². The van der Waals surface area contributed by atoms with E-state index in [2.05, 4.69) is 0 Å². The number of hydrogen-bond donors (Lipinski definition) is 2. The monoisotopic (exact) mass is 296 g/mol. The topological polar surface area (TPSA) is 113 Å². The van der Waals surface area contributed by atoms with Crippen molar-refractivity contribution in [2.24, 2.45) is 0 Å². The van der Waals surface area contributed by atoms with E-state index in [9.17, 15) is 25.1 Å². The fraction of sp³-hybridized carbons (Fsp3) is 0.462. The smallest absolute Gasteiger partial charge is 0.326 e. The Morgan fingerprint density at radius 2 is 2.24 bits per heavy atom. The number of carbonyl (C=O) groups is 1. The second-order valence-electron chi connectivity index (χ2n) is 4.77. The molecule has 2 atom stereocenters. The van der Waals surface area contributed by atoms with Gasteiger partial charge in [-0.1, -0.05) is 0 Å². The number of aliphatic hydroxyl groups is 1. The number of nitrogens with zero attached hydrogens (tertiary/aromatic N) is 2. The largest absolute Gasteiger partial charge is 0.494 e. The van der Waals surface area contributed by atoms with Crippen molar-refractivity contribution in [1.82, 2.24) is 0 Å². The molecule has 2 rings (SSSR count). The number of hydrogen-bond acceptors (Lipinski definition) is 6. The third-order valence-electron chi connectivity index (χ3n) is 3.29. The minimum atomic E-state index is -1.07. The average molecular weight is 296 g/mol. The SMILES string of the molecule is CCOc1cc(N2CC(O)CC2C(=O)O)cc([N+](=O)[O-])c1. The minimum Gasteiger partial charge on any atom is -0.494 e. The molecule has 2 unspecified atom stereocenters. The van der Waals surface area contributed by atoms with Crippen molar-refractivity contribution in [3.05, 3.63) is 28.3 Å². The van der Waals surface area contributed by atoms with Crippen molar-refractivity contribution < 1.29 is 24.7 Å². The molecule has 1 aliphatic heterocycles. The van der Waals surface area contributed by atoms with Gasteiger partial charge >= 0.3 is 5.97 Å². The van der Waals surface area contributed by atoms with Gasteiger partial charge in [-0.15, -0.1) is 0 Å². The van der Waals surface area contributed by atoms with Gasteiger partial charge in [0.25, 0.3) is 5.69 Å². The van der Waals surface area contributed by atoms with E-state index in [-0.39, 0.29) is 18.7 Å². The molecule has 1 fully saturated rings. The van der Waals surface area contributed by atoms with Crippen LogP contribution in [0.4, 0.5) is 11.4 Å². The maximum Gasteiger partial charge on any atom is 0.326 e. The number of ether oxygens (including phenoxy) is 1. The molecular formula is C13H16N2O6. The number of aliphatic hydroxyl groups excluding tert-OH is 1. The maximum atomic E-state index is 11.2. The lowest BCUT2D eigenvalue weighted by molar-refractivity contribution is -0.384. The second kappa shape index (κ2) is 5.96. The second-order valence-corrected chi connectivity index (χ2v) is 4.77. The van der Waals surface area contributed by atoms with E-state index < -0.39 is 23.0 Å². The molecule has 114 valence electrons. The van der Waals surface area contributed by atoms with Gasteiger partial charge in [0.05, 0.1) is 23.7 Å². The Morgan fingerprint density at radius 3 is 2.81 bits per heavy atom. The van der Waals surface area contributed by atoms with Crippen molar-refractivity contribution in [3.63, 3.8) is 0 Å². The molecule has 1 aromatic rings. The number of benzene rings is 1. The minimum absolute atomic E-state index is 0.0853. The summed E-state index contributed by atoms with van der Waals surface area (Å²) < 4.78 is 5.28. The molecule has 0 spiro atoms. The molecule has 8 nitrogen and oxygen atoms in total. The maximum absolute atomic E-state index is 11.2. The van der Waals surface area contributed by atoms with Gasteiger partial charge in [-0.3, -0.25) is 10.1 Å². The van der Waals surface area contributed by atoms with E-state index in [4.69, 9.17) is 4.74 Å². The van der Waals surface area contributed by atoms with Crippen molar-refractivity contribution in [2.45, 2.75) is 25.5 Å². The van der Waals surface area contributed by atoms with E-state index >= 15 is 0 Å². The number of nitro groups is 1. The lowest BCUT2D eigenvalue weighted by atomic mass is 10.2. The fourth-order valence-electron chi connectivity index (χ4n) is 2.42. The van der Waals surface area contributed by atoms with Crippen LogP contribution >= 0.6 is 0 Å². The number of carboxylic acids is 1. The van der Waals surface area contributed by atoms with Crippen LogP contribution in [0.25, 0.3) is 0 Å². The summed E-state index contributed by atoms with van der Waals surface area (Å²) in [6, 6.07) is 3.22. The molecule has 0 aliphatic carbocycles. The first-order valence-corrected chi connectivity index (χ1v) is 6.52. The molecule has 1 saturated heterocycles. The van der Waals surface area contributed by atoms with Crippen LogP contribution in [0, 0.1) is 10.1 Å². The number of nitro benzene ring substituents is 1. The summed E-state index contributed by atoms with van der Waals surface area (Å²) in [5.41, 5.74) is 0.179. The lowest BCUT2D eigenvalue weighted by Crippen LogP contribution is -2.36. The summed E-state index contributed by atoms with van der Waals surface area (Å²) in [7, 11) is 0. The Hall–Kier alpha value is -2.35. The molecule has 2 N–H and O–H groups in total. The predicted molar refractivity (Wildman–Crippen MR) is 73.7 cm³/mol. The summed E-state index contributed by atoms with van der Waals surface area (Å²) in [4.78, 5) is 23.1. The fourth-order valence-corrected chi connectivity index (χ4v) is 2.42. The average Bonchev–Trinajstić information content (AvgIpc) is 2.81. The highest BCUT2D eigenvalue weighted by atomic mass is 16.6. The summed E-state index contributed by atoms with van der Waals surface area (Å²) in [5.74, 6) is -0.775. The molecule has 0 amide bonds. The number of anilines is 1. The zero-order valence-corrected chi connectivity index (χ0v) is 11.4. The van der Waals surface area contributed by atoms with Crippen LogP contribution < -0.4 is 9.64 Å². The summed E-state index contributed by atoms with van der Waals surface area (Å²) >= 11 is 0. The van der Waals surface area contributed by atoms with Crippen LogP contribution in [-0.4, -0.2) is 46.4 Å². The van der Waals surface area contributed by atoms with Gasteiger partial charge in [0.2, 0.25) is 0 Å². The quantitative estimate of drug-likeness (QED) is 0.616. The van der Waals surface area contributed by atoms with E-state index in [0.717, 1.165) is 0 Å². The Morgan fingerprint density at radius 1 is 1.52 bits per heavy atom. The summed E-state index contributed by atoms with van der Waals surface area (Å²) in [6.45, 7) is 2.20.